The number of aromatic hydroxyl groups is 1. The van der Waals surface area contributed by atoms with Crippen LogP contribution in [0.15, 0.2) is 127 Å². The SMILES string of the molecule is C=CCc1cccc(C2C3=CCC4C(=O)N(C5CCN(Cc6ccccc6)CC5)C(=O)C4C3CC3C(=O)N(c4cccc(Cl)c4)C(=O)C32c2ccccc2)c1O. The lowest BCUT2D eigenvalue weighted by molar-refractivity contribution is -0.144. The van der Waals surface area contributed by atoms with Gasteiger partial charge < -0.3 is 5.11 Å². The number of carbonyl (C=O) groups is 4. The predicted molar refractivity (Wildman–Crippen MR) is 215 cm³/mol. The number of nitrogens with zero attached hydrogens (tertiary/aromatic N) is 3. The molecule has 0 spiro atoms. The summed E-state index contributed by atoms with van der Waals surface area (Å²) < 4.78 is 0. The molecule has 0 bridgehead atoms. The van der Waals surface area contributed by atoms with Gasteiger partial charge in [-0.1, -0.05) is 114 Å². The Morgan fingerprint density at radius 2 is 1.54 bits per heavy atom. The van der Waals surface area contributed by atoms with Crippen LogP contribution in [-0.2, 0) is 37.6 Å². The molecule has 4 aromatic carbocycles. The Morgan fingerprint density at radius 1 is 0.821 bits per heavy atom. The van der Waals surface area contributed by atoms with E-state index in [1.54, 1.807) is 35.2 Å². The molecule has 284 valence electrons. The van der Waals surface area contributed by atoms with Crippen molar-refractivity contribution in [2.45, 2.75) is 56.0 Å². The molecule has 6 atom stereocenters. The fraction of sp³-hybridized carbons (Fsp3) is 0.319. The van der Waals surface area contributed by atoms with Gasteiger partial charge in [-0.25, -0.2) is 4.90 Å². The van der Waals surface area contributed by atoms with Gasteiger partial charge in [0.1, 0.15) is 5.75 Å². The van der Waals surface area contributed by atoms with Crippen molar-refractivity contribution in [3.63, 3.8) is 0 Å². The molecule has 3 heterocycles. The summed E-state index contributed by atoms with van der Waals surface area (Å²) in [6.45, 7) is 6.27. The van der Waals surface area contributed by atoms with E-state index in [9.17, 15) is 14.7 Å². The summed E-state index contributed by atoms with van der Waals surface area (Å²) in [5, 5.41) is 12.5. The van der Waals surface area contributed by atoms with E-state index in [4.69, 9.17) is 11.6 Å². The van der Waals surface area contributed by atoms with Gasteiger partial charge in [-0.3, -0.25) is 29.0 Å². The van der Waals surface area contributed by atoms with Gasteiger partial charge in [0.25, 0.3) is 0 Å². The summed E-state index contributed by atoms with van der Waals surface area (Å²) in [4.78, 5) is 65.0. The van der Waals surface area contributed by atoms with Crippen LogP contribution in [0, 0.1) is 23.7 Å². The van der Waals surface area contributed by atoms with Gasteiger partial charge in [0.05, 0.1) is 28.9 Å². The molecule has 4 aromatic rings. The number of imide groups is 2. The Kier molecular flexibility index (Phi) is 9.29. The topological polar surface area (TPSA) is 98.2 Å². The molecule has 0 aromatic heterocycles. The number of amides is 4. The lowest BCUT2D eigenvalue weighted by Crippen LogP contribution is -2.53. The highest BCUT2D eigenvalue weighted by Crippen LogP contribution is 2.65. The number of benzene rings is 4. The maximum atomic E-state index is 15.5. The lowest BCUT2D eigenvalue weighted by atomic mass is 9.49. The second kappa shape index (κ2) is 14.3. The molecule has 0 radical (unpaired) electrons. The summed E-state index contributed by atoms with van der Waals surface area (Å²) in [5.41, 5.74) is 2.79. The van der Waals surface area contributed by atoms with Crippen molar-refractivity contribution in [3.8, 4) is 5.75 Å². The third kappa shape index (κ3) is 5.59. The molecule has 1 N–H and O–H groups in total. The van der Waals surface area contributed by atoms with Gasteiger partial charge in [-0.05, 0) is 72.9 Å². The zero-order chi connectivity index (χ0) is 38.7. The number of para-hydroxylation sites is 1. The third-order valence-electron chi connectivity index (χ3n) is 13.2. The van der Waals surface area contributed by atoms with Crippen LogP contribution >= 0.6 is 11.6 Å². The molecule has 3 aliphatic heterocycles. The number of carbonyl (C=O) groups excluding carboxylic acids is 4. The molecule has 1 saturated carbocycles. The summed E-state index contributed by atoms with van der Waals surface area (Å²) in [6, 6.07) is 31.8. The van der Waals surface area contributed by atoms with Crippen LogP contribution in [0.3, 0.4) is 0 Å². The van der Waals surface area contributed by atoms with E-state index in [-0.39, 0.29) is 35.9 Å². The highest BCUT2D eigenvalue weighted by Gasteiger charge is 2.70. The molecular weight excluding hydrogens is 722 g/mol. The second-order valence-electron chi connectivity index (χ2n) is 16.0. The fourth-order valence-corrected chi connectivity index (χ4v) is 11.0. The van der Waals surface area contributed by atoms with Gasteiger partial charge in [-0.15, -0.1) is 6.58 Å². The minimum absolute atomic E-state index is 0.0364. The van der Waals surface area contributed by atoms with Gasteiger partial charge in [0, 0.05) is 42.2 Å². The number of hydrogen-bond donors (Lipinski definition) is 1. The number of likely N-dealkylation sites (tertiary alicyclic amines) is 2. The molecule has 8 nitrogen and oxygen atoms in total. The van der Waals surface area contributed by atoms with Crippen LogP contribution in [0.5, 0.6) is 5.75 Å². The van der Waals surface area contributed by atoms with Crippen LogP contribution in [0.25, 0.3) is 0 Å². The lowest BCUT2D eigenvalue weighted by Gasteiger charge is -2.51. The Bertz CT molecular complexity index is 2270. The number of halogens is 1. The maximum absolute atomic E-state index is 15.5. The van der Waals surface area contributed by atoms with Crippen molar-refractivity contribution >= 4 is 40.9 Å². The first-order valence-electron chi connectivity index (χ1n) is 19.7. The average molecular weight is 766 g/mol. The van der Waals surface area contributed by atoms with E-state index in [1.165, 1.54) is 10.5 Å². The largest absolute Gasteiger partial charge is 0.507 e. The van der Waals surface area contributed by atoms with E-state index in [1.807, 2.05) is 72.8 Å². The van der Waals surface area contributed by atoms with E-state index >= 15 is 9.59 Å². The number of allylic oxidation sites excluding steroid dienone is 3. The fourth-order valence-electron chi connectivity index (χ4n) is 10.8. The number of phenols is 1. The third-order valence-corrected chi connectivity index (χ3v) is 13.4. The van der Waals surface area contributed by atoms with Crippen molar-refractivity contribution in [2.75, 3.05) is 18.0 Å². The van der Waals surface area contributed by atoms with Crippen LogP contribution < -0.4 is 4.90 Å². The predicted octanol–water partition coefficient (Wildman–Crippen LogP) is 7.60. The van der Waals surface area contributed by atoms with Gasteiger partial charge in [0.2, 0.25) is 23.6 Å². The zero-order valence-electron chi connectivity index (χ0n) is 31.1. The van der Waals surface area contributed by atoms with Crippen molar-refractivity contribution in [1.82, 2.24) is 9.80 Å². The number of fused-ring (bicyclic) bond motifs is 4. The number of anilines is 1. The maximum Gasteiger partial charge on any atom is 0.246 e. The molecule has 6 unspecified atom stereocenters. The molecule has 3 saturated heterocycles. The molecule has 9 rings (SSSR count). The Morgan fingerprint density at radius 3 is 2.25 bits per heavy atom. The number of hydrogen-bond acceptors (Lipinski definition) is 6. The van der Waals surface area contributed by atoms with Crippen molar-refractivity contribution in [1.29, 1.82) is 0 Å². The molecule has 2 aliphatic carbocycles. The summed E-state index contributed by atoms with van der Waals surface area (Å²) >= 11 is 6.45. The highest BCUT2D eigenvalue weighted by molar-refractivity contribution is 6.32. The van der Waals surface area contributed by atoms with E-state index in [2.05, 4.69) is 23.6 Å². The van der Waals surface area contributed by atoms with Gasteiger partial charge in [-0.2, -0.15) is 0 Å². The molecular formula is C47H44ClN3O5. The Hall–Kier alpha value is -5.31. The van der Waals surface area contributed by atoms with E-state index in [0.29, 0.717) is 53.1 Å². The summed E-state index contributed by atoms with van der Waals surface area (Å²) in [6.07, 6.45) is 6.10. The van der Waals surface area contributed by atoms with E-state index in [0.717, 1.165) is 25.2 Å². The normalized spacial score (nSPS) is 27.9. The standard InChI is InChI=1S/C47H44ClN3O5/c1-2-11-30-14-9-19-37(42(30)52)41-35-20-21-36-40(45(55)50(43(36)53)33-22-24-49(25-23-33)28-29-12-5-3-6-13-29)38(35)27-39-44(54)51(34-18-10-17-32(48)26-34)46(56)47(39,41)31-15-7-4-8-16-31/h2-10,12-20,26,33,36,38-41,52H,1,11,21-25,27-28H2. The minimum atomic E-state index is -1.46. The molecule has 56 heavy (non-hydrogen) atoms. The van der Waals surface area contributed by atoms with Gasteiger partial charge in [0.15, 0.2) is 0 Å². The number of rotatable bonds is 8. The first-order valence-corrected chi connectivity index (χ1v) is 20.1. The average Bonchev–Trinajstić information content (AvgIpc) is 3.60. The first-order chi connectivity index (χ1) is 27.2. The molecule has 5 aliphatic rings. The van der Waals surface area contributed by atoms with Crippen LogP contribution in [0.4, 0.5) is 5.69 Å². The quantitative estimate of drug-likeness (QED) is 0.147. The smallest absolute Gasteiger partial charge is 0.246 e. The Balaban J connectivity index is 1.14. The van der Waals surface area contributed by atoms with Crippen LogP contribution in [-0.4, -0.2) is 57.7 Å². The zero-order valence-corrected chi connectivity index (χ0v) is 31.9. The molecule has 4 amide bonds. The second-order valence-corrected chi connectivity index (χ2v) is 16.4. The summed E-state index contributed by atoms with van der Waals surface area (Å²) in [7, 11) is 0. The number of piperidine rings is 1. The first kappa shape index (κ1) is 36.3. The summed E-state index contributed by atoms with van der Waals surface area (Å²) in [5.74, 6) is -4.51. The van der Waals surface area contributed by atoms with Gasteiger partial charge >= 0.3 is 0 Å². The monoisotopic (exact) mass is 765 g/mol. The molecule has 4 fully saturated rings. The number of phenolic OH excluding ortho intramolecular Hbond substituents is 1. The van der Waals surface area contributed by atoms with Crippen LogP contribution in [0.2, 0.25) is 5.02 Å². The minimum Gasteiger partial charge on any atom is -0.507 e. The highest BCUT2D eigenvalue weighted by atomic mass is 35.5. The van der Waals surface area contributed by atoms with E-state index < -0.39 is 40.9 Å². The van der Waals surface area contributed by atoms with Crippen molar-refractivity contribution < 1.29 is 24.3 Å². The van der Waals surface area contributed by atoms with Crippen molar-refractivity contribution in [3.05, 3.63) is 155 Å². The molecule has 9 heteroatoms. The van der Waals surface area contributed by atoms with Crippen molar-refractivity contribution in [2.24, 2.45) is 23.7 Å². The Labute approximate surface area is 332 Å². The van der Waals surface area contributed by atoms with Crippen LogP contribution in [0.1, 0.15) is 53.9 Å².